The summed E-state index contributed by atoms with van der Waals surface area (Å²) in [5.74, 6) is 0. The number of aliphatic imine (C=N–C) groups is 1. The van der Waals surface area contributed by atoms with Crippen molar-refractivity contribution in [3.63, 3.8) is 0 Å². The lowest BCUT2D eigenvalue weighted by molar-refractivity contribution is 0.763. The number of thiocarbonyl (C=S) groups is 1. The quantitative estimate of drug-likeness (QED) is 0.581. The predicted molar refractivity (Wildman–Crippen MR) is 76.4 cm³/mol. The summed E-state index contributed by atoms with van der Waals surface area (Å²) in [6.07, 6.45) is 0. The van der Waals surface area contributed by atoms with Crippen molar-refractivity contribution < 1.29 is 0 Å². The summed E-state index contributed by atoms with van der Waals surface area (Å²) in [4.78, 5) is 4.71. The van der Waals surface area contributed by atoms with Crippen molar-refractivity contribution in [3.8, 4) is 0 Å². The molecule has 0 aromatic heterocycles. The van der Waals surface area contributed by atoms with E-state index in [4.69, 9.17) is 17.2 Å². The zero-order chi connectivity index (χ0) is 11.8. The molecule has 0 spiro atoms. The minimum Gasteiger partial charge on any atom is -0.260 e. The molecule has 3 heteroatoms. The third-order valence-corrected chi connectivity index (χ3v) is 4.51. The molecular weight excluding hydrogens is 234 g/mol. The molecule has 1 nitrogen and oxygen atoms in total. The van der Waals surface area contributed by atoms with Gasteiger partial charge in [-0.1, -0.05) is 60.9 Å². The minimum atomic E-state index is -0.384. The van der Waals surface area contributed by atoms with Gasteiger partial charge >= 0.3 is 0 Å². The van der Waals surface area contributed by atoms with E-state index in [1.54, 1.807) is 11.8 Å². The Morgan fingerprint density at radius 1 is 1.38 bits per heavy atom. The second kappa shape index (κ2) is 4.15. The molecule has 1 unspecified atom stereocenters. The molecule has 1 heterocycles. The van der Waals surface area contributed by atoms with E-state index in [-0.39, 0.29) is 5.54 Å². The Labute approximate surface area is 106 Å². The molecule has 1 aromatic rings. The molecule has 1 aromatic carbocycles. The molecule has 1 aliphatic heterocycles. The van der Waals surface area contributed by atoms with Gasteiger partial charge in [0.15, 0.2) is 0 Å². The normalized spacial score (nSPS) is 24.4. The van der Waals surface area contributed by atoms with Crippen molar-refractivity contribution in [1.29, 1.82) is 0 Å². The van der Waals surface area contributed by atoms with Crippen LogP contribution in [0.4, 0.5) is 0 Å². The number of thioether (sulfide) groups is 1. The molecule has 0 radical (unpaired) electrons. The van der Waals surface area contributed by atoms with Crippen LogP contribution in [0.15, 0.2) is 47.5 Å². The fourth-order valence-electron chi connectivity index (χ4n) is 1.43. The van der Waals surface area contributed by atoms with E-state index in [0.717, 1.165) is 20.4 Å². The van der Waals surface area contributed by atoms with Crippen molar-refractivity contribution >= 4 is 33.2 Å². The van der Waals surface area contributed by atoms with Gasteiger partial charge in [-0.05, 0) is 19.4 Å². The first-order valence-electron chi connectivity index (χ1n) is 5.07. The van der Waals surface area contributed by atoms with Crippen molar-refractivity contribution in [1.82, 2.24) is 0 Å². The van der Waals surface area contributed by atoms with Gasteiger partial charge in [-0.25, -0.2) is 0 Å². The standard InChI is InChI=1S/C13H13NS2/c1-9(2)13(3)12(15)16-11(14-13)10-7-5-4-6-8-10/h4-8H,1H2,2-3H3. The Balaban J connectivity index is 2.41. The van der Waals surface area contributed by atoms with Crippen LogP contribution in [0.1, 0.15) is 19.4 Å². The maximum atomic E-state index is 5.39. The molecule has 0 saturated heterocycles. The largest absolute Gasteiger partial charge is 0.260 e. The Morgan fingerprint density at radius 3 is 2.50 bits per heavy atom. The summed E-state index contributed by atoms with van der Waals surface area (Å²) in [5.41, 5.74) is 1.74. The highest BCUT2D eigenvalue weighted by atomic mass is 32.2. The third-order valence-electron chi connectivity index (χ3n) is 2.76. The van der Waals surface area contributed by atoms with Gasteiger partial charge in [-0.3, -0.25) is 4.99 Å². The number of rotatable bonds is 2. The van der Waals surface area contributed by atoms with Gasteiger partial charge in [0.05, 0.1) is 4.20 Å². The van der Waals surface area contributed by atoms with Crippen LogP contribution in [0.25, 0.3) is 0 Å². The van der Waals surface area contributed by atoms with Gasteiger partial charge in [-0.2, -0.15) is 0 Å². The second-order valence-electron chi connectivity index (χ2n) is 4.03. The summed E-state index contributed by atoms with van der Waals surface area (Å²) < 4.78 is 0.888. The van der Waals surface area contributed by atoms with E-state index in [1.807, 2.05) is 32.0 Å². The topological polar surface area (TPSA) is 12.4 Å². The number of nitrogens with zero attached hydrogens (tertiary/aromatic N) is 1. The Hall–Kier alpha value is -0.930. The zero-order valence-electron chi connectivity index (χ0n) is 9.36. The predicted octanol–water partition coefficient (Wildman–Crippen LogP) is 3.84. The summed E-state index contributed by atoms with van der Waals surface area (Å²) in [6.45, 7) is 7.98. The average molecular weight is 247 g/mol. The van der Waals surface area contributed by atoms with Crippen molar-refractivity contribution in [2.24, 2.45) is 4.99 Å². The van der Waals surface area contributed by atoms with Gasteiger partial charge in [0.1, 0.15) is 10.6 Å². The second-order valence-corrected chi connectivity index (χ2v) is 5.69. The molecule has 2 rings (SSSR count). The van der Waals surface area contributed by atoms with Crippen LogP contribution in [0.3, 0.4) is 0 Å². The van der Waals surface area contributed by atoms with Crippen LogP contribution in [0.2, 0.25) is 0 Å². The van der Waals surface area contributed by atoms with E-state index < -0.39 is 0 Å². The number of hydrogen-bond acceptors (Lipinski definition) is 3. The maximum absolute atomic E-state index is 5.39. The van der Waals surface area contributed by atoms with Gasteiger partial charge in [0.25, 0.3) is 0 Å². The monoisotopic (exact) mass is 247 g/mol. The zero-order valence-corrected chi connectivity index (χ0v) is 11.0. The Kier molecular flexibility index (Phi) is 3.00. The van der Waals surface area contributed by atoms with Gasteiger partial charge < -0.3 is 0 Å². The highest BCUT2D eigenvalue weighted by molar-refractivity contribution is 8.34. The number of benzene rings is 1. The molecule has 16 heavy (non-hydrogen) atoms. The molecule has 0 amide bonds. The first kappa shape index (κ1) is 11.6. The highest BCUT2D eigenvalue weighted by Gasteiger charge is 2.37. The van der Waals surface area contributed by atoms with E-state index in [2.05, 4.69) is 18.7 Å². The van der Waals surface area contributed by atoms with Crippen LogP contribution in [-0.2, 0) is 0 Å². The fourth-order valence-corrected chi connectivity index (χ4v) is 2.97. The van der Waals surface area contributed by atoms with Gasteiger partial charge in [0, 0.05) is 5.56 Å². The van der Waals surface area contributed by atoms with Crippen LogP contribution < -0.4 is 0 Å². The van der Waals surface area contributed by atoms with Crippen LogP contribution >= 0.6 is 24.0 Å². The Bertz CT molecular complexity index is 476. The average Bonchev–Trinajstić information content (AvgIpc) is 2.58. The Morgan fingerprint density at radius 2 is 2.00 bits per heavy atom. The molecule has 0 bridgehead atoms. The molecule has 0 N–H and O–H groups in total. The SMILES string of the molecule is C=C(C)C1(C)N=C(c2ccccc2)SC1=S. The van der Waals surface area contributed by atoms with Crippen molar-refractivity contribution in [3.05, 3.63) is 48.0 Å². The number of hydrogen-bond donors (Lipinski definition) is 0. The van der Waals surface area contributed by atoms with Gasteiger partial charge in [-0.15, -0.1) is 0 Å². The lowest BCUT2D eigenvalue weighted by atomic mass is 9.97. The van der Waals surface area contributed by atoms with Crippen molar-refractivity contribution in [2.75, 3.05) is 0 Å². The minimum absolute atomic E-state index is 0.384. The molecule has 82 valence electrons. The first-order valence-corrected chi connectivity index (χ1v) is 6.30. The lowest BCUT2D eigenvalue weighted by Gasteiger charge is -2.19. The highest BCUT2D eigenvalue weighted by Crippen LogP contribution is 2.37. The third kappa shape index (κ3) is 1.85. The molecule has 1 atom stereocenters. The smallest absolute Gasteiger partial charge is 0.121 e. The molecule has 0 saturated carbocycles. The van der Waals surface area contributed by atoms with Crippen molar-refractivity contribution in [2.45, 2.75) is 19.4 Å². The summed E-state index contributed by atoms with van der Waals surface area (Å²) in [5, 5.41) is 0.996. The van der Waals surface area contributed by atoms with Crippen LogP contribution in [0, 0.1) is 0 Å². The molecule has 0 aliphatic carbocycles. The first-order chi connectivity index (χ1) is 7.54. The summed E-state index contributed by atoms with van der Waals surface area (Å²) in [6, 6.07) is 10.1. The van der Waals surface area contributed by atoms with E-state index in [1.165, 1.54) is 0 Å². The van der Waals surface area contributed by atoms with Gasteiger partial charge in [0.2, 0.25) is 0 Å². The molecular formula is C13H13NS2. The van der Waals surface area contributed by atoms with Crippen LogP contribution in [-0.4, -0.2) is 14.8 Å². The van der Waals surface area contributed by atoms with E-state index in [9.17, 15) is 0 Å². The lowest BCUT2D eigenvalue weighted by Crippen LogP contribution is -2.27. The maximum Gasteiger partial charge on any atom is 0.121 e. The van der Waals surface area contributed by atoms with E-state index >= 15 is 0 Å². The summed E-state index contributed by atoms with van der Waals surface area (Å²) >= 11 is 6.97. The van der Waals surface area contributed by atoms with E-state index in [0.29, 0.717) is 0 Å². The van der Waals surface area contributed by atoms with Crippen LogP contribution in [0.5, 0.6) is 0 Å². The molecule has 1 aliphatic rings. The summed E-state index contributed by atoms with van der Waals surface area (Å²) in [7, 11) is 0. The fraction of sp³-hybridized carbons (Fsp3) is 0.231. The molecule has 0 fully saturated rings.